The maximum atomic E-state index is 11.7. The van der Waals surface area contributed by atoms with Crippen LogP contribution in [0.3, 0.4) is 0 Å². The maximum Gasteiger partial charge on any atom is 0.314 e. The molecular formula is C16H27N3O2. The van der Waals surface area contributed by atoms with Gasteiger partial charge < -0.3 is 20.3 Å². The number of urea groups is 1. The van der Waals surface area contributed by atoms with Crippen molar-refractivity contribution >= 4 is 6.03 Å². The van der Waals surface area contributed by atoms with E-state index < -0.39 is 0 Å². The molecule has 1 aromatic carbocycles. The number of ether oxygens (including phenoxy) is 1. The van der Waals surface area contributed by atoms with Gasteiger partial charge in [-0.3, -0.25) is 0 Å². The topological polar surface area (TPSA) is 53.6 Å². The fourth-order valence-corrected chi connectivity index (χ4v) is 2.09. The van der Waals surface area contributed by atoms with Crippen LogP contribution in [0.4, 0.5) is 4.79 Å². The first-order chi connectivity index (χ1) is 10.1. The highest BCUT2D eigenvalue weighted by atomic mass is 16.5. The second kappa shape index (κ2) is 9.37. The standard InChI is InChI=1S/C16H27N3O2/c1-5-13-6-8-14(9-7-13)15(19(2)3)12-18-16(20)17-10-11-21-4/h6-9,15H,5,10-12H2,1-4H3,(H2,17,18,20). The van der Waals surface area contributed by atoms with Gasteiger partial charge in [0.2, 0.25) is 0 Å². The van der Waals surface area contributed by atoms with Gasteiger partial charge in [-0.15, -0.1) is 0 Å². The SMILES string of the molecule is CCc1ccc(C(CNC(=O)NCCOC)N(C)C)cc1. The van der Waals surface area contributed by atoms with Crippen molar-refractivity contribution < 1.29 is 9.53 Å². The number of rotatable bonds is 8. The first-order valence-electron chi connectivity index (χ1n) is 7.34. The molecule has 1 rings (SSSR count). The fraction of sp³-hybridized carbons (Fsp3) is 0.562. The van der Waals surface area contributed by atoms with Crippen molar-refractivity contribution in [3.8, 4) is 0 Å². The first-order valence-corrected chi connectivity index (χ1v) is 7.34. The van der Waals surface area contributed by atoms with E-state index in [0.29, 0.717) is 19.7 Å². The average Bonchev–Trinajstić information content (AvgIpc) is 2.48. The number of likely N-dealkylation sites (N-methyl/N-ethyl adjacent to an activating group) is 1. The predicted octanol–water partition coefficient (Wildman–Crippen LogP) is 1.80. The third-order valence-corrected chi connectivity index (χ3v) is 3.44. The largest absolute Gasteiger partial charge is 0.383 e. The average molecular weight is 293 g/mol. The minimum Gasteiger partial charge on any atom is -0.383 e. The molecule has 0 spiro atoms. The summed E-state index contributed by atoms with van der Waals surface area (Å²) in [6.07, 6.45) is 1.03. The van der Waals surface area contributed by atoms with Gasteiger partial charge in [0.25, 0.3) is 0 Å². The van der Waals surface area contributed by atoms with Crippen molar-refractivity contribution in [3.05, 3.63) is 35.4 Å². The minimum atomic E-state index is -0.163. The highest BCUT2D eigenvalue weighted by Gasteiger charge is 2.15. The van der Waals surface area contributed by atoms with E-state index in [1.54, 1.807) is 7.11 Å². The molecule has 0 aliphatic heterocycles. The van der Waals surface area contributed by atoms with Crippen LogP contribution in [0.2, 0.25) is 0 Å². The number of carbonyl (C=O) groups is 1. The molecule has 0 fully saturated rings. The van der Waals surface area contributed by atoms with Crippen molar-refractivity contribution in [2.75, 3.05) is 40.9 Å². The zero-order valence-corrected chi connectivity index (χ0v) is 13.5. The van der Waals surface area contributed by atoms with Gasteiger partial charge in [-0.25, -0.2) is 4.79 Å². The molecule has 0 aliphatic rings. The molecule has 5 nitrogen and oxygen atoms in total. The van der Waals surface area contributed by atoms with Crippen LogP contribution in [0.5, 0.6) is 0 Å². The lowest BCUT2D eigenvalue weighted by Gasteiger charge is -2.25. The maximum absolute atomic E-state index is 11.7. The Labute approximate surface area is 127 Å². The molecule has 0 saturated heterocycles. The molecule has 0 heterocycles. The minimum absolute atomic E-state index is 0.157. The van der Waals surface area contributed by atoms with Crippen molar-refractivity contribution in [1.29, 1.82) is 0 Å². The van der Waals surface area contributed by atoms with Gasteiger partial charge in [-0.05, 0) is 31.6 Å². The molecule has 1 aromatic rings. The number of amides is 2. The van der Waals surface area contributed by atoms with E-state index in [1.165, 1.54) is 11.1 Å². The molecule has 0 aliphatic carbocycles. The number of nitrogens with zero attached hydrogens (tertiary/aromatic N) is 1. The molecule has 5 heteroatoms. The Morgan fingerprint density at radius 2 is 1.90 bits per heavy atom. The van der Waals surface area contributed by atoms with Crippen LogP contribution in [-0.4, -0.2) is 51.8 Å². The summed E-state index contributed by atoms with van der Waals surface area (Å²) in [4.78, 5) is 13.8. The van der Waals surface area contributed by atoms with Gasteiger partial charge in [0.05, 0.1) is 12.6 Å². The molecule has 118 valence electrons. The summed E-state index contributed by atoms with van der Waals surface area (Å²) >= 11 is 0. The lowest BCUT2D eigenvalue weighted by molar-refractivity contribution is 0.194. The van der Waals surface area contributed by atoms with Gasteiger partial charge in [0.15, 0.2) is 0 Å². The Balaban J connectivity index is 2.55. The highest BCUT2D eigenvalue weighted by molar-refractivity contribution is 5.73. The van der Waals surface area contributed by atoms with Crippen molar-refractivity contribution in [1.82, 2.24) is 15.5 Å². The van der Waals surface area contributed by atoms with E-state index in [0.717, 1.165) is 6.42 Å². The van der Waals surface area contributed by atoms with E-state index in [2.05, 4.69) is 46.7 Å². The van der Waals surface area contributed by atoms with E-state index in [-0.39, 0.29) is 12.1 Å². The quantitative estimate of drug-likeness (QED) is 0.719. The van der Waals surface area contributed by atoms with Crippen LogP contribution in [0.15, 0.2) is 24.3 Å². The van der Waals surface area contributed by atoms with Crippen LogP contribution in [0, 0.1) is 0 Å². The molecule has 1 unspecified atom stereocenters. The van der Waals surface area contributed by atoms with E-state index in [9.17, 15) is 4.79 Å². The Morgan fingerprint density at radius 3 is 2.43 bits per heavy atom. The number of nitrogens with one attached hydrogen (secondary N) is 2. The molecule has 2 amide bonds. The summed E-state index contributed by atoms with van der Waals surface area (Å²) in [7, 11) is 5.65. The Kier molecular flexibility index (Phi) is 7.79. The summed E-state index contributed by atoms with van der Waals surface area (Å²) in [6.45, 7) is 3.74. The number of methoxy groups -OCH3 is 1. The number of aryl methyl sites for hydroxylation is 1. The number of hydrogen-bond donors (Lipinski definition) is 2. The number of hydrogen-bond acceptors (Lipinski definition) is 3. The lowest BCUT2D eigenvalue weighted by atomic mass is 10.0. The lowest BCUT2D eigenvalue weighted by Crippen LogP contribution is -2.41. The second-order valence-corrected chi connectivity index (χ2v) is 5.20. The molecule has 0 radical (unpaired) electrons. The number of benzene rings is 1. The molecule has 21 heavy (non-hydrogen) atoms. The Bertz CT molecular complexity index is 418. The molecule has 2 N–H and O–H groups in total. The summed E-state index contributed by atoms with van der Waals surface area (Å²) in [6, 6.07) is 8.55. The third-order valence-electron chi connectivity index (χ3n) is 3.44. The van der Waals surface area contributed by atoms with Crippen LogP contribution < -0.4 is 10.6 Å². The van der Waals surface area contributed by atoms with Crippen LogP contribution >= 0.6 is 0 Å². The molecule has 1 atom stereocenters. The zero-order valence-electron chi connectivity index (χ0n) is 13.5. The predicted molar refractivity (Wildman–Crippen MR) is 85.5 cm³/mol. The smallest absolute Gasteiger partial charge is 0.314 e. The normalized spacial score (nSPS) is 12.2. The summed E-state index contributed by atoms with van der Waals surface area (Å²) in [5.74, 6) is 0. The van der Waals surface area contributed by atoms with Crippen molar-refractivity contribution in [2.24, 2.45) is 0 Å². The van der Waals surface area contributed by atoms with E-state index in [4.69, 9.17) is 4.74 Å². The second-order valence-electron chi connectivity index (χ2n) is 5.20. The molecule has 0 saturated carbocycles. The van der Waals surface area contributed by atoms with Crippen LogP contribution in [0.1, 0.15) is 24.1 Å². The van der Waals surface area contributed by atoms with Crippen molar-refractivity contribution in [2.45, 2.75) is 19.4 Å². The number of carbonyl (C=O) groups excluding carboxylic acids is 1. The summed E-state index contributed by atoms with van der Waals surface area (Å²) in [5, 5.41) is 5.66. The molecular weight excluding hydrogens is 266 g/mol. The fourth-order valence-electron chi connectivity index (χ4n) is 2.09. The summed E-state index contributed by atoms with van der Waals surface area (Å²) < 4.78 is 4.90. The van der Waals surface area contributed by atoms with Gasteiger partial charge in [-0.2, -0.15) is 0 Å². The van der Waals surface area contributed by atoms with Gasteiger partial charge in [0, 0.05) is 20.2 Å². The Hall–Kier alpha value is -1.59. The molecule has 0 aromatic heterocycles. The van der Waals surface area contributed by atoms with Crippen molar-refractivity contribution in [3.63, 3.8) is 0 Å². The van der Waals surface area contributed by atoms with Gasteiger partial charge >= 0.3 is 6.03 Å². The third kappa shape index (κ3) is 6.14. The highest BCUT2D eigenvalue weighted by Crippen LogP contribution is 2.18. The first kappa shape index (κ1) is 17.5. The molecule has 0 bridgehead atoms. The van der Waals surface area contributed by atoms with Gasteiger partial charge in [-0.1, -0.05) is 31.2 Å². The van der Waals surface area contributed by atoms with E-state index in [1.807, 2.05) is 14.1 Å². The summed E-state index contributed by atoms with van der Waals surface area (Å²) in [5.41, 5.74) is 2.52. The zero-order chi connectivity index (χ0) is 15.7. The van der Waals surface area contributed by atoms with E-state index >= 15 is 0 Å². The van der Waals surface area contributed by atoms with Crippen LogP contribution in [0.25, 0.3) is 0 Å². The van der Waals surface area contributed by atoms with Gasteiger partial charge in [0.1, 0.15) is 0 Å². The monoisotopic (exact) mass is 293 g/mol. The van der Waals surface area contributed by atoms with Crippen LogP contribution in [-0.2, 0) is 11.2 Å². The Morgan fingerprint density at radius 1 is 1.24 bits per heavy atom.